The van der Waals surface area contributed by atoms with Gasteiger partial charge in [-0.2, -0.15) is 0 Å². The first kappa shape index (κ1) is 11.9. The molecule has 0 aliphatic carbocycles. The summed E-state index contributed by atoms with van der Waals surface area (Å²) in [7, 11) is -2.82. The van der Waals surface area contributed by atoms with Crippen LogP contribution in [0.5, 0.6) is 0 Å². The number of carbonyl (C=O) groups is 1. The molecule has 2 aliphatic rings. The van der Waals surface area contributed by atoms with E-state index in [9.17, 15) is 18.3 Å². The number of quaternary nitrogens is 1. The zero-order chi connectivity index (χ0) is 11.8. The molecule has 0 bridgehead atoms. The molecule has 6 heteroatoms. The molecule has 0 amide bonds. The van der Waals surface area contributed by atoms with Crippen LogP contribution in [0.2, 0.25) is 0 Å². The fourth-order valence-electron chi connectivity index (χ4n) is 2.75. The topological polar surface area (TPSA) is 78.7 Å². The molecule has 0 spiro atoms. The van der Waals surface area contributed by atoms with Crippen molar-refractivity contribution in [2.45, 2.75) is 25.3 Å². The van der Waals surface area contributed by atoms with Crippen LogP contribution in [-0.4, -0.2) is 45.0 Å². The minimum Gasteiger partial charge on any atom is -0.550 e. The zero-order valence-electron chi connectivity index (χ0n) is 9.15. The second-order valence-electron chi connectivity index (χ2n) is 4.85. The fourth-order valence-corrected chi connectivity index (χ4v) is 4.58. The highest BCUT2D eigenvalue weighted by Crippen LogP contribution is 2.12. The van der Waals surface area contributed by atoms with Gasteiger partial charge in [0.05, 0.1) is 18.8 Å². The molecule has 0 aromatic carbocycles. The fraction of sp³-hybridized carbons (Fsp3) is 0.900. The van der Waals surface area contributed by atoms with Crippen molar-refractivity contribution in [1.29, 1.82) is 0 Å². The lowest BCUT2D eigenvalue weighted by Crippen LogP contribution is -3.17. The van der Waals surface area contributed by atoms with E-state index < -0.39 is 15.8 Å². The van der Waals surface area contributed by atoms with Gasteiger partial charge >= 0.3 is 0 Å². The number of carboxylic acids is 1. The molecule has 2 rings (SSSR count). The van der Waals surface area contributed by atoms with Crippen molar-refractivity contribution in [2.75, 3.05) is 24.6 Å². The van der Waals surface area contributed by atoms with Gasteiger partial charge in [0.15, 0.2) is 9.84 Å². The van der Waals surface area contributed by atoms with Gasteiger partial charge in [0.2, 0.25) is 0 Å². The van der Waals surface area contributed by atoms with E-state index in [1.54, 1.807) is 0 Å². The molecule has 16 heavy (non-hydrogen) atoms. The van der Waals surface area contributed by atoms with Crippen LogP contribution >= 0.6 is 0 Å². The molecule has 0 unspecified atom stereocenters. The number of carbonyl (C=O) groups excluding carboxylic acids is 1. The summed E-state index contributed by atoms with van der Waals surface area (Å²) in [5, 5.41) is 10.7. The summed E-state index contributed by atoms with van der Waals surface area (Å²) in [5.74, 6) is -0.719. The SMILES string of the molecule is O=C([O-])C1CC[NH+]([C@H]2CCS(=O)(=O)C2)CC1. The third-order valence-electron chi connectivity index (χ3n) is 3.77. The molecule has 92 valence electrons. The molecule has 2 heterocycles. The van der Waals surface area contributed by atoms with Gasteiger partial charge in [-0.1, -0.05) is 0 Å². The Bertz CT molecular complexity index is 370. The highest BCUT2D eigenvalue weighted by Gasteiger charge is 2.37. The summed E-state index contributed by atoms with van der Waals surface area (Å²) in [5.41, 5.74) is 0. The van der Waals surface area contributed by atoms with Gasteiger partial charge < -0.3 is 14.8 Å². The smallest absolute Gasteiger partial charge is 0.156 e. The number of rotatable bonds is 2. The summed E-state index contributed by atoms with van der Waals surface area (Å²) in [6, 6.07) is 0.188. The van der Waals surface area contributed by atoms with Crippen molar-refractivity contribution in [3.63, 3.8) is 0 Å². The second-order valence-corrected chi connectivity index (χ2v) is 7.08. The summed E-state index contributed by atoms with van der Waals surface area (Å²) in [4.78, 5) is 11.9. The predicted molar refractivity (Wildman–Crippen MR) is 55.5 cm³/mol. The predicted octanol–water partition coefficient (Wildman–Crippen LogP) is -2.78. The number of hydrogen-bond donors (Lipinski definition) is 1. The van der Waals surface area contributed by atoms with E-state index in [1.165, 1.54) is 4.90 Å². The largest absolute Gasteiger partial charge is 0.550 e. The Morgan fingerprint density at radius 1 is 1.19 bits per heavy atom. The minimum atomic E-state index is -2.82. The Balaban J connectivity index is 1.88. The van der Waals surface area contributed by atoms with Crippen molar-refractivity contribution >= 4 is 15.8 Å². The maximum absolute atomic E-state index is 11.3. The first-order chi connectivity index (χ1) is 7.48. The van der Waals surface area contributed by atoms with Crippen LogP contribution in [0.4, 0.5) is 0 Å². The van der Waals surface area contributed by atoms with Crippen LogP contribution in [0.15, 0.2) is 0 Å². The average Bonchev–Trinajstić information content (AvgIpc) is 2.59. The van der Waals surface area contributed by atoms with E-state index in [4.69, 9.17) is 0 Å². The molecule has 0 aromatic rings. The van der Waals surface area contributed by atoms with E-state index in [-0.39, 0.29) is 17.7 Å². The second kappa shape index (κ2) is 4.33. The Labute approximate surface area is 95.4 Å². The standard InChI is InChI=1S/C10H17NO4S/c12-10(13)8-1-4-11(5-2-8)9-3-6-16(14,15)7-9/h8-9H,1-7H2,(H,12,13)/t9-/m0/s1. The summed E-state index contributed by atoms with van der Waals surface area (Å²) < 4.78 is 22.7. The highest BCUT2D eigenvalue weighted by molar-refractivity contribution is 7.91. The minimum absolute atomic E-state index is 0.188. The normalized spacial score (nSPS) is 38.4. The number of nitrogens with one attached hydrogen (secondary N) is 1. The molecular weight excluding hydrogens is 230 g/mol. The first-order valence-electron chi connectivity index (χ1n) is 5.74. The van der Waals surface area contributed by atoms with Crippen molar-refractivity contribution < 1.29 is 23.2 Å². The Hall–Kier alpha value is -0.620. The van der Waals surface area contributed by atoms with Gasteiger partial charge in [-0.3, -0.25) is 0 Å². The Kier molecular flexibility index (Phi) is 3.21. The monoisotopic (exact) mass is 247 g/mol. The van der Waals surface area contributed by atoms with E-state index in [0.29, 0.717) is 18.6 Å². The Morgan fingerprint density at radius 3 is 2.25 bits per heavy atom. The van der Waals surface area contributed by atoms with Crippen LogP contribution in [-0.2, 0) is 14.6 Å². The maximum atomic E-state index is 11.3. The molecule has 2 fully saturated rings. The Morgan fingerprint density at radius 2 is 1.81 bits per heavy atom. The molecule has 0 radical (unpaired) electrons. The summed E-state index contributed by atoms with van der Waals surface area (Å²) >= 11 is 0. The number of aliphatic carboxylic acids is 1. The summed E-state index contributed by atoms with van der Waals surface area (Å²) in [6.07, 6.45) is 1.97. The van der Waals surface area contributed by atoms with Crippen molar-refractivity contribution in [1.82, 2.24) is 0 Å². The maximum Gasteiger partial charge on any atom is 0.156 e. The van der Waals surface area contributed by atoms with Gasteiger partial charge in [-0.05, 0) is 0 Å². The highest BCUT2D eigenvalue weighted by atomic mass is 32.2. The number of sulfone groups is 1. The quantitative estimate of drug-likeness (QED) is 0.572. The van der Waals surface area contributed by atoms with Gasteiger partial charge in [-0.25, -0.2) is 8.42 Å². The molecular formula is C10H17NO4S. The number of hydrogen-bond acceptors (Lipinski definition) is 4. The molecule has 5 nitrogen and oxygen atoms in total. The number of likely N-dealkylation sites (tertiary alicyclic amines) is 1. The zero-order valence-corrected chi connectivity index (χ0v) is 9.96. The van der Waals surface area contributed by atoms with E-state index >= 15 is 0 Å². The molecule has 2 aliphatic heterocycles. The van der Waals surface area contributed by atoms with E-state index in [0.717, 1.165) is 19.5 Å². The number of piperidine rings is 1. The lowest BCUT2D eigenvalue weighted by atomic mass is 9.96. The van der Waals surface area contributed by atoms with Crippen molar-refractivity contribution in [3.8, 4) is 0 Å². The molecule has 0 saturated carbocycles. The average molecular weight is 247 g/mol. The van der Waals surface area contributed by atoms with Crippen LogP contribution in [0.25, 0.3) is 0 Å². The van der Waals surface area contributed by atoms with Crippen molar-refractivity contribution in [2.24, 2.45) is 5.92 Å². The van der Waals surface area contributed by atoms with Crippen LogP contribution in [0, 0.1) is 5.92 Å². The van der Waals surface area contributed by atoms with Crippen LogP contribution in [0.1, 0.15) is 19.3 Å². The summed E-state index contributed by atoms with van der Waals surface area (Å²) in [6.45, 7) is 1.53. The van der Waals surface area contributed by atoms with Gasteiger partial charge in [0, 0.05) is 31.1 Å². The molecule has 0 aromatic heterocycles. The molecule has 1 atom stereocenters. The third-order valence-corrected chi connectivity index (χ3v) is 5.54. The van der Waals surface area contributed by atoms with Crippen molar-refractivity contribution in [3.05, 3.63) is 0 Å². The van der Waals surface area contributed by atoms with Gasteiger partial charge in [-0.15, -0.1) is 0 Å². The van der Waals surface area contributed by atoms with Crippen LogP contribution in [0.3, 0.4) is 0 Å². The van der Waals surface area contributed by atoms with Gasteiger partial charge in [0.25, 0.3) is 0 Å². The number of carboxylic acid groups (broad SMARTS) is 1. The van der Waals surface area contributed by atoms with E-state index in [2.05, 4.69) is 0 Å². The van der Waals surface area contributed by atoms with Gasteiger partial charge in [0.1, 0.15) is 11.8 Å². The molecule has 2 saturated heterocycles. The lowest BCUT2D eigenvalue weighted by Gasteiger charge is -2.32. The molecule has 1 N–H and O–H groups in total. The van der Waals surface area contributed by atoms with Crippen LogP contribution < -0.4 is 10.0 Å². The third kappa shape index (κ3) is 2.55. The van der Waals surface area contributed by atoms with E-state index in [1.807, 2.05) is 0 Å². The lowest BCUT2D eigenvalue weighted by molar-refractivity contribution is -0.927. The first-order valence-corrected chi connectivity index (χ1v) is 7.56.